The zero-order valence-electron chi connectivity index (χ0n) is 20.2. The number of aryl methyl sites for hydroxylation is 1. The molecule has 0 aliphatic carbocycles. The summed E-state index contributed by atoms with van der Waals surface area (Å²) in [5, 5.41) is 12.5. The average molecular weight is 509 g/mol. The van der Waals surface area contributed by atoms with E-state index in [-0.39, 0.29) is 34.3 Å². The number of carbonyl (C=O) groups is 1. The van der Waals surface area contributed by atoms with Gasteiger partial charge in [0.05, 0.1) is 23.3 Å². The minimum atomic E-state index is -1.06. The number of carbonyl (C=O) groups excluding carboxylic acids is 1. The van der Waals surface area contributed by atoms with Gasteiger partial charge >= 0.3 is 0 Å². The summed E-state index contributed by atoms with van der Waals surface area (Å²) in [6.45, 7) is 3.40. The Labute approximate surface area is 210 Å². The summed E-state index contributed by atoms with van der Waals surface area (Å²) in [5.74, 6) is -2.93. The molecule has 1 amide bonds. The molecule has 0 bridgehead atoms. The Kier molecular flexibility index (Phi) is 7.09. The van der Waals surface area contributed by atoms with Gasteiger partial charge in [0.1, 0.15) is 11.6 Å². The van der Waals surface area contributed by atoms with Gasteiger partial charge in [-0.3, -0.25) is 9.48 Å². The summed E-state index contributed by atoms with van der Waals surface area (Å²) in [7, 11) is 4.90. The van der Waals surface area contributed by atoms with Gasteiger partial charge < -0.3 is 20.9 Å². The molecule has 0 saturated heterocycles. The third-order valence-electron chi connectivity index (χ3n) is 5.22. The number of benzene rings is 2. The van der Waals surface area contributed by atoms with Gasteiger partial charge in [0.25, 0.3) is 0 Å². The molecule has 0 radical (unpaired) electrons. The molecule has 37 heavy (non-hydrogen) atoms. The van der Waals surface area contributed by atoms with Gasteiger partial charge in [0.2, 0.25) is 11.9 Å². The Balaban J connectivity index is 1.81. The molecule has 0 aliphatic rings. The van der Waals surface area contributed by atoms with Gasteiger partial charge in [-0.1, -0.05) is 6.58 Å². The molecule has 12 heteroatoms. The summed E-state index contributed by atoms with van der Waals surface area (Å²) in [4.78, 5) is 21.9. The van der Waals surface area contributed by atoms with E-state index >= 15 is 0 Å². The van der Waals surface area contributed by atoms with Gasteiger partial charge in [-0.2, -0.15) is 10.1 Å². The third kappa shape index (κ3) is 5.69. The van der Waals surface area contributed by atoms with E-state index in [0.29, 0.717) is 11.4 Å². The molecule has 0 unspecified atom stereocenters. The maximum atomic E-state index is 14.8. The van der Waals surface area contributed by atoms with Crippen LogP contribution in [0.5, 0.6) is 0 Å². The lowest BCUT2D eigenvalue weighted by atomic mass is 10.1. The number of rotatable bonds is 8. The SMILES string of the molecule is C=CC(=O)Nc1ccc(F)c(Nc2nc(Nc3cnn(C)c3)ncc2-c2cc(F)c(F)c(N(C)C)c2)c1. The van der Waals surface area contributed by atoms with Gasteiger partial charge in [-0.05, 0) is 42.0 Å². The van der Waals surface area contributed by atoms with Gasteiger partial charge in [-0.25, -0.2) is 18.2 Å². The highest BCUT2D eigenvalue weighted by Gasteiger charge is 2.18. The molecule has 4 aromatic rings. The van der Waals surface area contributed by atoms with Crippen LogP contribution in [0.15, 0.2) is 61.6 Å². The van der Waals surface area contributed by atoms with Crippen LogP contribution < -0.4 is 20.9 Å². The summed E-state index contributed by atoms with van der Waals surface area (Å²) >= 11 is 0. The molecule has 9 nitrogen and oxygen atoms in total. The monoisotopic (exact) mass is 508 g/mol. The first-order chi connectivity index (χ1) is 17.6. The number of hydrogen-bond acceptors (Lipinski definition) is 7. The number of nitrogens with one attached hydrogen (secondary N) is 3. The zero-order chi connectivity index (χ0) is 26.7. The van der Waals surface area contributed by atoms with Crippen LogP contribution >= 0.6 is 0 Å². The van der Waals surface area contributed by atoms with E-state index in [4.69, 9.17) is 0 Å². The molecule has 0 fully saturated rings. The van der Waals surface area contributed by atoms with Crippen LogP contribution in [0.25, 0.3) is 11.1 Å². The fraction of sp³-hybridized carbons (Fsp3) is 0.120. The predicted octanol–water partition coefficient (Wildman–Crippen LogP) is 4.97. The smallest absolute Gasteiger partial charge is 0.247 e. The summed E-state index contributed by atoms with van der Waals surface area (Å²) in [5.41, 5.74) is 1.43. The van der Waals surface area contributed by atoms with Crippen molar-refractivity contribution in [3.8, 4) is 11.1 Å². The molecule has 0 saturated carbocycles. The standard InChI is InChI=1S/C25H23F3N8O/c1-5-22(37)31-15-6-7-18(26)20(10-15)33-24-17(14-8-19(27)23(28)21(9-14)35(2)3)12-29-25(34-24)32-16-11-30-36(4)13-16/h5-13H,1H2,2-4H3,(H,31,37)(H2,29,32,33,34). The normalized spacial score (nSPS) is 10.6. The van der Waals surface area contributed by atoms with Crippen molar-refractivity contribution in [3.63, 3.8) is 0 Å². The number of anilines is 6. The molecule has 2 heterocycles. The average Bonchev–Trinajstić information content (AvgIpc) is 3.27. The first-order valence-corrected chi connectivity index (χ1v) is 10.9. The molecule has 0 spiro atoms. The molecular formula is C25H23F3N8O. The van der Waals surface area contributed by atoms with Crippen molar-refractivity contribution in [2.45, 2.75) is 0 Å². The molecule has 190 valence electrons. The maximum Gasteiger partial charge on any atom is 0.247 e. The number of hydrogen-bond donors (Lipinski definition) is 3. The number of amides is 1. The highest BCUT2D eigenvalue weighted by molar-refractivity contribution is 5.99. The Morgan fingerprint density at radius 3 is 2.51 bits per heavy atom. The van der Waals surface area contributed by atoms with E-state index in [2.05, 4.69) is 37.6 Å². The van der Waals surface area contributed by atoms with Crippen molar-refractivity contribution < 1.29 is 18.0 Å². The fourth-order valence-corrected chi connectivity index (χ4v) is 3.44. The molecule has 0 aliphatic heterocycles. The van der Waals surface area contributed by atoms with Crippen molar-refractivity contribution in [2.24, 2.45) is 7.05 Å². The van der Waals surface area contributed by atoms with Gasteiger partial charge in [0, 0.05) is 44.8 Å². The van der Waals surface area contributed by atoms with Crippen molar-refractivity contribution in [1.82, 2.24) is 19.7 Å². The Hall–Kier alpha value is -4.87. The molecule has 4 rings (SSSR count). The van der Waals surface area contributed by atoms with Crippen LogP contribution in [0, 0.1) is 17.5 Å². The fourth-order valence-electron chi connectivity index (χ4n) is 3.44. The number of aromatic nitrogens is 4. The van der Waals surface area contributed by atoms with E-state index < -0.39 is 23.4 Å². The molecule has 3 N–H and O–H groups in total. The maximum absolute atomic E-state index is 14.8. The quantitative estimate of drug-likeness (QED) is 0.289. The van der Waals surface area contributed by atoms with Crippen molar-refractivity contribution in [1.29, 1.82) is 0 Å². The first kappa shape index (κ1) is 25.2. The van der Waals surface area contributed by atoms with E-state index in [9.17, 15) is 18.0 Å². The number of halogens is 3. The van der Waals surface area contributed by atoms with Crippen LogP contribution in [0.1, 0.15) is 0 Å². The largest absolute Gasteiger partial charge is 0.375 e. The molecular weight excluding hydrogens is 485 g/mol. The lowest BCUT2D eigenvalue weighted by Gasteiger charge is -2.18. The van der Waals surface area contributed by atoms with E-state index in [1.165, 1.54) is 35.4 Å². The summed E-state index contributed by atoms with van der Waals surface area (Å²) < 4.78 is 45.2. The first-order valence-electron chi connectivity index (χ1n) is 10.9. The highest BCUT2D eigenvalue weighted by atomic mass is 19.2. The van der Waals surface area contributed by atoms with Crippen LogP contribution in [-0.2, 0) is 11.8 Å². The minimum Gasteiger partial charge on any atom is -0.375 e. The van der Waals surface area contributed by atoms with Crippen molar-refractivity contribution in [2.75, 3.05) is 34.9 Å². The van der Waals surface area contributed by atoms with Crippen molar-refractivity contribution >= 4 is 40.4 Å². The second-order valence-corrected chi connectivity index (χ2v) is 8.18. The topological polar surface area (TPSA) is 100 Å². The Morgan fingerprint density at radius 1 is 1.05 bits per heavy atom. The molecule has 0 atom stereocenters. The predicted molar refractivity (Wildman–Crippen MR) is 137 cm³/mol. The van der Waals surface area contributed by atoms with E-state index in [1.807, 2.05) is 0 Å². The van der Waals surface area contributed by atoms with Crippen LogP contribution in [0.3, 0.4) is 0 Å². The van der Waals surface area contributed by atoms with Gasteiger partial charge in [0.15, 0.2) is 11.6 Å². The second-order valence-electron chi connectivity index (χ2n) is 8.18. The van der Waals surface area contributed by atoms with Crippen LogP contribution in [-0.4, -0.2) is 39.8 Å². The van der Waals surface area contributed by atoms with Crippen LogP contribution in [0.4, 0.5) is 47.7 Å². The lowest BCUT2D eigenvalue weighted by molar-refractivity contribution is -0.111. The van der Waals surface area contributed by atoms with Gasteiger partial charge in [-0.15, -0.1) is 0 Å². The Morgan fingerprint density at radius 2 is 1.84 bits per heavy atom. The second kappa shape index (κ2) is 10.4. The highest BCUT2D eigenvalue weighted by Crippen LogP contribution is 2.35. The lowest BCUT2D eigenvalue weighted by Crippen LogP contribution is -2.12. The van der Waals surface area contributed by atoms with E-state index in [1.54, 1.807) is 38.2 Å². The van der Waals surface area contributed by atoms with Crippen molar-refractivity contribution in [3.05, 3.63) is 79.0 Å². The summed E-state index contributed by atoms with van der Waals surface area (Å²) in [6.07, 6.45) is 5.76. The van der Waals surface area contributed by atoms with E-state index in [0.717, 1.165) is 12.1 Å². The number of nitrogens with zero attached hydrogens (tertiary/aromatic N) is 5. The molecule has 2 aromatic carbocycles. The third-order valence-corrected chi connectivity index (χ3v) is 5.22. The minimum absolute atomic E-state index is 0.0128. The Bertz CT molecular complexity index is 1490. The zero-order valence-corrected chi connectivity index (χ0v) is 20.2. The summed E-state index contributed by atoms with van der Waals surface area (Å²) in [6, 6.07) is 6.37. The van der Waals surface area contributed by atoms with Crippen LogP contribution in [0.2, 0.25) is 0 Å². The molecule has 2 aromatic heterocycles.